The lowest BCUT2D eigenvalue weighted by molar-refractivity contribution is 0.0964. The minimum absolute atomic E-state index is 0.0508. The van der Waals surface area contributed by atoms with Gasteiger partial charge in [0.25, 0.3) is 0 Å². The van der Waals surface area contributed by atoms with E-state index < -0.39 is 33.0 Å². The summed E-state index contributed by atoms with van der Waals surface area (Å²) in [5.41, 5.74) is -0.355. The Hall–Kier alpha value is -1.09. The van der Waals surface area contributed by atoms with E-state index in [0.29, 0.717) is 25.9 Å². The summed E-state index contributed by atoms with van der Waals surface area (Å²) >= 11 is 0. The Morgan fingerprint density at radius 3 is 2.29 bits per heavy atom. The van der Waals surface area contributed by atoms with Gasteiger partial charge >= 0.3 is 0 Å². The molecule has 3 N–H and O–H groups in total. The van der Waals surface area contributed by atoms with Gasteiger partial charge in [-0.15, -0.1) is 0 Å². The minimum atomic E-state index is -3.55. The van der Waals surface area contributed by atoms with E-state index >= 15 is 0 Å². The highest BCUT2D eigenvalue weighted by Gasteiger charge is 2.29. The molecule has 21 heavy (non-hydrogen) atoms. The van der Waals surface area contributed by atoms with Crippen molar-refractivity contribution in [2.75, 3.05) is 19.6 Å². The Morgan fingerprint density at radius 2 is 1.81 bits per heavy atom. The number of nitrogens with two attached hydrogens (primary N) is 1. The molecule has 8 heteroatoms. The van der Waals surface area contributed by atoms with Crippen LogP contribution >= 0.6 is 0 Å². The first-order valence-electron chi connectivity index (χ1n) is 6.65. The fourth-order valence-electron chi connectivity index (χ4n) is 2.59. The molecule has 0 saturated carbocycles. The second-order valence-corrected chi connectivity index (χ2v) is 7.08. The van der Waals surface area contributed by atoms with Crippen molar-refractivity contribution in [1.82, 2.24) is 4.90 Å². The molecule has 0 bridgehead atoms. The SMILES string of the molecule is NS(=O)(=O)C1CCN(CC(O)c2c(F)cccc2F)CC1. The first-order chi connectivity index (χ1) is 9.79. The number of hydrogen-bond acceptors (Lipinski definition) is 4. The summed E-state index contributed by atoms with van der Waals surface area (Å²) in [7, 11) is -3.55. The Kier molecular flexibility index (Phi) is 4.92. The summed E-state index contributed by atoms with van der Waals surface area (Å²) in [6.45, 7) is 0.873. The van der Waals surface area contributed by atoms with Gasteiger partial charge in [-0.05, 0) is 38.1 Å². The number of halogens is 2. The first-order valence-corrected chi connectivity index (χ1v) is 8.26. The normalized spacial score (nSPS) is 19.6. The van der Waals surface area contributed by atoms with E-state index in [9.17, 15) is 22.3 Å². The van der Waals surface area contributed by atoms with E-state index in [1.165, 1.54) is 6.07 Å². The van der Waals surface area contributed by atoms with Gasteiger partial charge in [-0.2, -0.15) is 0 Å². The summed E-state index contributed by atoms with van der Waals surface area (Å²) < 4.78 is 49.6. The first kappa shape index (κ1) is 16.3. The number of benzene rings is 1. The lowest BCUT2D eigenvalue weighted by atomic mass is 10.1. The fraction of sp³-hybridized carbons (Fsp3) is 0.538. The molecule has 118 valence electrons. The quantitative estimate of drug-likeness (QED) is 0.857. The Bertz CT molecular complexity index is 581. The number of primary sulfonamides is 1. The zero-order valence-electron chi connectivity index (χ0n) is 11.4. The molecule has 0 aliphatic carbocycles. The molecule has 1 aliphatic rings. The highest BCUT2D eigenvalue weighted by molar-refractivity contribution is 7.89. The number of β-amino-alcohol motifs (C(OH)–C–C–N with tert-alkyl or cyclic N) is 1. The number of aliphatic hydroxyl groups is 1. The molecule has 1 saturated heterocycles. The summed E-state index contributed by atoms with van der Waals surface area (Å²) in [4.78, 5) is 1.78. The van der Waals surface area contributed by atoms with Gasteiger partial charge in [-0.25, -0.2) is 22.3 Å². The maximum Gasteiger partial charge on any atom is 0.212 e. The van der Waals surface area contributed by atoms with E-state index in [-0.39, 0.29) is 12.1 Å². The zero-order valence-corrected chi connectivity index (χ0v) is 12.2. The van der Waals surface area contributed by atoms with E-state index in [2.05, 4.69) is 0 Å². The number of aliphatic hydroxyl groups excluding tert-OH is 1. The van der Waals surface area contributed by atoms with Crippen LogP contribution in [-0.4, -0.2) is 43.3 Å². The molecule has 1 aliphatic heterocycles. The van der Waals surface area contributed by atoms with Crippen LogP contribution in [0.4, 0.5) is 8.78 Å². The van der Waals surface area contributed by atoms with E-state index in [4.69, 9.17) is 5.14 Å². The summed E-state index contributed by atoms with van der Waals surface area (Å²) in [5, 5.41) is 14.5. The molecule has 2 rings (SSSR count). The van der Waals surface area contributed by atoms with Crippen molar-refractivity contribution in [3.8, 4) is 0 Å². The standard InChI is InChI=1S/C13H18F2N2O3S/c14-10-2-1-3-11(15)13(10)12(18)8-17-6-4-9(5-7-17)21(16,19)20/h1-3,9,12,18H,4-8H2,(H2,16,19,20). The van der Waals surface area contributed by atoms with E-state index in [1.807, 2.05) is 0 Å². The second-order valence-electron chi connectivity index (χ2n) is 5.24. The average molecular weight is 320 g/mol. The Labute approximate surface area is 122 Å². The van der Waals surface area contributed by atoms with Crippen molar-refractivity contribution < 1.29 is 22.3 Å². The van der Waals surface area contributed by atoms with Crippen LogP contribution in [0.25, 0.3) is 0 Å². The highest BCUT2D eigenvalue weighted by atomic mass is 32.2. The van der Waals surface area contributed by atoms with Crippen LogP contribution in [0.15, 0.2) is 18.2 Å². The van der Waals surface area contributed by atoms with Crippen molar-refractivity contribution in [2.45, 2.75) is 24.2 Å². The number of rotatable bonds is 4. The predicted octanol–water partition coefficient (Wildman–Crippen LogP) is 0.751. The minimum Gasteiger partial charge on any atom is -0.387 e. The summed E-state index contributed by atoms with van der Waals surface area (Å²) in [6.07, 6.45) is -0.589. The molecular formula is C13H18F2N2O3S. The highest BCUT2D eigenvalue weighted by Crippen LogP contribution is 2.23. The van der Waals surface area contributed by atoms with E-state index in [1.54, 1.807) is 4.90 Å². The van der Waals surface area contributed by atoms with Crippen LogP contribution in [0.3, 0.4) is 0 Å². The monoisotopic (exact) mass is 320 g/mol. The van der Waals surface area contributed by atoms with Gasteiger partial charge < -0.3 is 10.0 Å². The van der Waals surface area contributed by atoms with Crippen LogP contribution in [0.5, 0.6) is 0 Å². The van der Waals surface area contributed by atoms with Crippen molar-refractivity contribution in [3.05, 3.63) is 35.4 Å². The molecule has 0 radical (unpaired) electrons. The molecule has 1 aromatic carbocycles. The van der Waals surface area contributed by atoms with Crippen molar-refractivity contribution in [1.29, 1.82) is 0 Å². The van der Waals surface area contributed by atoms with Gasteiger partial charge in [0.05, 0.1) is 16.9 Å². The lowest BCUT2D eigenvalue weighted by Crippen LogP contribution is -2.43. The third kappa shape index (κ3) is 3.97. The molecule has 1 aromatic rings. The fourth-order valence-corrected chi connectivity index (χ4v) is 3.45. The zero-order chi connectivity index (χ0) is 15.6. The smallest absolute Gasteiger partial charge is 0.212 e. The largest absolute Gasteiger partial charge is 0.387 e. The van der Waals surface area contributed by atoms with Crippen molar-refractivity contribution >= 4 is 10.0 Å². The number of hydrogen-bond donors (Lipinski definition) is 2. The average Bonchev–Trinajstić information content (AvgIpc) is 2.38. The van der Waals surface area contributed by atoms with Gasteiger partial charge in [0.1, 0.15) is 11.6 Å². The Balaban J connectivity index is 1.98. The number of likely N-dealkylation sites (tertiary alicyclic amines) is 1. The third-order valence-corrected chi connectivity index (χ3v) is 5.16. The van der Waals surface area contributed by atoms with Crippen molar-refractivity contribution in [3.63, 3.8) is 0 Å². The molecule has 1 unspecified atom stereocenters. The topological polar surface area (TPSA) is 83.6 Å². The molecular weight excluding hydrogens is 302 g/mol. The van der Waals surface area contributed by atoms with Crippen molar-refractivity contribution in [2.24, 2.45) is 5.14 Å². The van der Waals surface area contributed by atoms with Gasteiger partial charge in [0.15, 0.2) is 0 Å². The maximum atomic E-state index is 13.6. The number of sulfonamides is 1. The van der Waals surface area contributed by atoms with Gasteiger partial charge in [-0.3, -0.25) is 0 Å². The van der Waals surface area contributed by atoms with Crippen LogP contribution in [-0.2, 0) is 10.0 Å². The summed E-state index contributed by atoms with van der Waals surface area (Å²) in [5.74, 6) is -1.58. The van der Waals surface area contributed by atoms with Crippen LogP contribution in [0, 0.1) is 11.6 Å². The molecule has 1 heterocycles. The second kappa shape index (κ2) is 6.35. The maximum absolute atomic E-state index is 13.6. The number of piperidine rings is 1. The van der Waals surface area contributed by atoms with Gasteiger partial charge in [0.2, 0.25) is 10.0 Å². The predicted molar refractivity (Wildman–Crippen MR) is 73.9 cm³/mol. The van der Waals surface area contributed by atoms with E-state index in [0.717, 1.165) is 12.1 Å². The van der Waals surface area contributed by atoms with Gasteiger partial charge in [-0.1, -0.05) is 6.07 Å². The summed E-state index contributed by atoms with van der Waals surface area (Å²) in [6, 6.07) is 3.42. The number of nitrogens with zero attached hydrogens (tertiary/aromatic N) is 1. The molecule has 0 spiro atoms. The van der Waals surface area contributed by atoms with Crippen LogP contribution in [0.2, 0.25) is 0 Å². The molecule has 0 aromatic heterocycles. The molecule has 0 amide bonds. The molecule has 5 nitrogen and oxygen atoms in total. The molecule has 1 fully saturated rings. The molecule has 1 atom stereocenters. The third-order valence-electron chi connectivity index (χ3n) is 3.76. The van der Waals surface area contributed by atoms with Gasteiger partial charge in [0, 0.05) is 6.54 Å². The lowest BCUT2D eigenvalue weighted by Gasteiger charge is -2.32. The Morgan fingerprint density at radius 1 is 1.29 bits per heavy atom. The van der Waals surface area contributed by atoms with Crippen LogP contribution in [0.1, 0.15) is 24.5 Å². The van der Waals surface area contributed by atoms with Crippen LogP contribution < -0.4 is 5.14 Å².